The van der Waals surface area contributed by atoms with Crippen LogP contribution in [0.25, 0.3) is 0 Å². The van der Waals surface area contributed by atoms with E-state index in [0.29, 0.717) is 30.3 Å². The van der Waals surface area contributed by atoms with Crippen molar-refractivity contribution in [2.45, 2.75) is 6.54 Å². The SMILES string of the molecule is COc1ccc(NC(=O)CN2CCN(Cc3ccc(OC)c(F)c3)CC2)c(OC)c1. The lowest BCUT2D eigenvalue weighted by molar-refractivity contribution is -0.117. The zero-order valence-corrected chi connectivity index (χ0v) is 17.6. The van der Waals surface area contributed by atoms with Crippen LogP contribution in [0.4, 0.5) is 10.1 Å². The van der Waals surface area contributed by atoms with E-state index in [4.69, 9.17) is 14.2 Å². The third-order valence-corrected chi connectivity index (χ3v) is 5.14. The Bertz CT molecular complexity index is 869. The predicted octanol–water partition coefficient (Wildman–Crippen LogP) is 2.61. The Morgan fingerprint density at radius 3 is 2.27 bits per heavy atom. The molecule has 1 aliphatic heterocycles. The molecule has 1 heterocycles. The lowest BCUT2D eigenvalue weighted by atomic mass is 10.2. The minimum atomic E-state index is -0.348. The molecule has 1 aliphatic rings. The molecule has 0 saturated carbocycles. The van der Waals surface area contributed by atoms with E-state index in [-0.39, 0.29) is 17.5 Å². The van der Waals surface area contributed by atoms with Crippen molar-refractivity contribution in [2.24, 2.45) is 0 Å². The van der Waals surface area contributed by atoms with Gasteiger partial charge in [0.15, 0.2) is 11.6 Å². The van der Waals surface area contributed by atoms with Crippen LogP contribution >= 0.6 is 0 Å². The van der Waals surface area contributed by atoms with E-state index in [1.165, 1.54) is 13.2 Å². The molecule has 0 atom stereocenters. The zero-order chi connectivity index (χ0) is 21.5. The molecular weight excluding hydrogens is 389 g/mol. The molecule has 162 valence electrons. The maximum absolute atomic E-state index is 13.9. The van der Waals surface area contributed by atoms with E-state index in [1.54, 1.807) is 38.5 Å². The summed E-state index contributed by atoms with van der Waals surface area (Å²) in [5.74, 6) is 1.03. The number of piperazine rings is 1. The van der Waals surface area contributed by atoms with E-state index in [2.05, 4.69) is 15.1 Å². The Hall–Kier alpha value is -2.84. The van der Waals surface area contributed by atoms with Crippen molar-refractivity contribution in [1.29, 1.82) is 0 Å². The highest BCUT2D eigenvalue weighted by molar-refractivity contribution is 5.93. The summed E-state index contributed by atoms with van der Waals surface area (Å²) in [6, 6.07) is 10.3. The second kappa shape index (κ2) is 10.3. The number of amides is 1. The second-order valence-corrected chi connectivity index (χ2v) is 7.14. The first-order valence-corrected chi connectivity index (χ1v) is 9.81. The van der Waals surface area contributed by atoms with E-state index < -0.39 is 0 Å². The molecule has 1 N–H and O–H groups in total. The Morgan fingerprint density at radius 2 is 1.63 bits per heavy atom. The van der Waals surface area contributed by atoms with Gasteiger partial charge < -0.3 is 19.5 Å². The first-order chi connectivity index (χ1) is 14.5. The Kier molecular flexibility index (Phi) is 7.48. The quantitative estimate of drug-likeness (QED) is 0.713. The fraction of sp³-hybridized carbons (Fsp3) is 0.409. The molecule has 0 radical (unpaired) electrons. The number of benzene rings is 2. The molecule has 3 rings (SSSR count). The van der Waals surface area contributed by atoms with Crippen molar-refractivity contribution >= 4 is 11.6 Å². The highest BCUT2D eigenvalue weighted by atomic mass is 19.1. The molecule has 1 saturated heterocycles. The summed E-state index contributed by atoms with van der Waals surface area (Å²) in [7, 11) is 4.59. The summed E-state index contributed by atoms with van der Waals surface area (Å²) in [4.78, 5) is 16.8. The van der Waals surface area contributed by atoms with Gasteiger partial charge in [0.2, 0.25) is 5.91 Å². The zero-order valence-electron chi connectivity index (χ0n) is 17.6. The smallest absolute Gasteiger partial charge is 0.238 e. The standard InChI is InChI=1S/C22H28FN3O4/c1-28-17-5-6-19(21(13-17)30-3)24-22(27)15-26-10-8-25(9-11-26)14-16-4-7-20(29-2)18(23)12-16/h4-7,12-13H,8-11,14-15H2,1-3H3,(H,24,27). The largest absolute Gasteiger partial charge is 0.497 e. The number of nitrogens with one attached hydrogen (secondary N) is 1. The Morgan fingerprint density at radius 1 is 0.933 bits per heavy atom. The number of hydrogen-bond acceptors (Lipinski definition) is 6. The van der Waals surface area contributed by atoms with Crippen molar-refractivity contribution in [2.75, 3.05) is 59.4 Å². The normalized spacial score (nSPS) is 14.9. The average Bonchev–Trinajstić information content (AvgIpc) is 2.75. The van der Waals surface area contributed by atoms with E-state index in [1.807, 2.05) is 6.07 Å². The van der Waals surface area contributed by atoms with Gasteiger partial charge in [0.25, 0.3) is 0 Å². The van der Waals surface area contributed by atoms with E-state index in [0.717, 1.165) is 31.7 Å². The van der Waals surface area contributed by atoms with Gasteiger partial charge in [-0.1, -0.05) is 6.07 Å². The topological polar surface area (TPSA) is 63.3 Å². The molecule has 0 unspecified atom stereocenters. The summed E-state index contributed by atoms with van der Waals surface area (Å²) in [6.07, 6.45) is 0. The molecule has 0 aliphatic carbocycles. The third-order valence-electron chi connectivity index (χ3n) is 5.14. The van der Waals surface area contributed by atoms with Crippen molar-refractivity contribution in [1.82, 2.24) is 9.80 Å². The van der Waals surface area contributed by atoms with E-state index in [9.17, 15) is 9.18 Å². The predicted molar refractivity (Wildman–Crippen MR) is 113 cm³/mol. The number of hydrogen-bond donors (Lipinski definition) is 1. The van der Waals surface area contributed by atoms with Gasteiger partial charge in [-0.3, -0.25) is 14.6 Å². The number of halogens is 1. The highest BCUT2D eigenvalue weighted by Gasteiger charge is 2.20. The number of ether oxygens (including phenoxy) is 3. The number of anilines is 1. The lowest BCUT2D eigenvalue weighted by Crippen LogP contribution is -2.48. The molecule has 2 aromatic carbocycles. The summed E-state index contributed by atoms with van der Waals surface area (Å²) < 4.78 is 29.3. The van der Waals surface area contributed by atoms with Crippen LogP contribution in [0.1, 0.15) is 5.56 Å². The maximum atomic E-state index is 13.9. The van der Waals surface area contributed by atoms with E-state index >= 15 is 0 Å². The van der Waals surface area contributed by atoms with Crippen LogP contribution in [-0.2, 0) is 11.3 Å². The van der Waals surface area contributed by atoms with Gasteiger partial charge in [-0.05, 0) is 29.8 Å². The minimum Gasteiger partial charge on any atom is -0.497 e. The Labute approximate surface area is 176 Å². The van der Waals surface area contributed by atoms with Crippen LogP contribution in [0, 0.1) is 5.82 Å². The first-order valence-electron chi connectivity index (χ1n) is 9.81. The summed E-state index contributed by atoms with van der Waals surface area (Å²) in [6.45, 7) is 4.14. The van der Waals surface area contributed by atoms with Gasteiger partial charge in [0.1, 0.15) is 11.5 Å². The van der Waals surface area contributed by atoms with Gasteiger partial charge in [0, 0.05) is 38.8 Å². The van der Waals surface area contributed by atoms with Gasteiger partial charge in [-0.15, -0.1) is 0 Å². The first kappa shape index (κ1) is 21.9. The molecule has 7 nitrogen and oxygen atoms in total. The number of rotatable bonds is 8. The average molecular weight is 417 g/mol. The van der Waals surface area contributed by atoms with Crippen LogP contribution < -0.4 is 19.5 Å². The molecule has 1 amide bonds. The van der Waals surface area contributed by atoms with Crippen molar-refractivity contribution < 1.29 is 23.4 Å². The number of carbonyl (C=O) groups is 1. The van der Waals surface area contributed by atoms with Gasteiger partial charge in [0.05, 0.1) is 33.6 Å². The van der Waals surface area contributed by atoms with Gasteiger partial charge in [-0.2, -0.15) is 0 Å². The number of nitrogens with zero attached hydrogens (tertiary/aromatic N) is 2. The number of methoxy groups -OCH3 is 3. The molecule has 0 bridgehead atoms. The summed E-state index contributed by atoms with van der Waals surface area (Å²) >= 11 is 0. The van der Waals surface area contributed by atoms with Crippen LogP contribution in [-0.4, -0.2) is 69.8 Å². The molecule has 8 heteroatoms. The Balaban J connectivity index is 1.47. The fourth-order valence-electron chi connectivity index (χ4n) is 3.47. The van der Waals surface area contributed by atoms with Gasteiger partial charge in [-0.25, -0.2) is 4.39 Å². The van der Waals surface area contributed by atoms with Crippen LogP contribution in [0.15, 0.2) is 36.4 Å². The van der Waals surface area contributed by atoms with Crippen LogP contribution in [0.2, 0.25) is 0 Å². The van der Waals surface area contributed by atoms with Crippen molar-refractivity contribution in [3.8, 4) is 17.2 Å². The van der Waals surface area contributed by atoms with Crippen LogP contribution in [0.5, 0.6) is 17.2 Å². The molecular formula is C22H28FN3O4. The molecule has 2 aromatic rings. The molecule has 0 spiro atoms. The highest BCUT2D eigenvalue weighted by Crippen LogP contribution is 2.29. The lowest BCUT2D eigenvalue weighted by Gasteiger charge is -2.34. The molecule has 30 heavy (non-hydrogen) atoms. The monoisotopic (exact) mass is 417 g/mol. The maximum Gasteiger partial charge on any atom is 0.238 e. The van der Waals surface area contributed by atoms with Crippen LogP contribution in [0.3, 0.4) is 0 Å². The fourth-order valence-corrected chi connectivity index (χ4v) is 3.47. The number of carbonyl (C=O) groups excluding carboxylic acids is 1. The third kappa shape index (κ3) is 5.61. The summed E-state index contributed by atoms with van der Waals surface area (Å²) in [5, 5.41) is 2.90. The molecule has 1 fully saturated rings. The molecule has 0 aromatic heterocycles. The van der Waals surface area contributed by atoms with Crippen molar-refractivity contribution in [3.63, 3.8) is 0 Å². The second-order valence-electron chi connectivity index (χ2n) is 7.14. The minimum absolute atomic E-state index is 0.0934. The van der Waals surface area contributed by atoms with Crippen molar-refractivity contribution in [3.05, 3.63) is 47.8 Å². The van der Waals surface area contributed by atoms with Gasteiger partial charge >= 0.3 is 0 Å². The summed E-state index contributed by atoms with van der Waals surface area (Å²) in [5.41, 5.74) is 1.52.